The fourth-order valence-electron chi connectivity index (χ4n) is 3.64. The van der Waals surface area contributed by atoms with Gasteiger partial charge in [-0.2, -0.15) is 5.10 Å². The van der Waals surface area contributed by atoms with Gasteiger partial charge in [0.05, 0.1) is 19.2 Å². The fourth-order valence-corrected chi connectivity index (χ4v) is 3.76. The van der Waals surface area contributed by atoms with Gasteiger partial charge in [0, 0.05) is 35.8 Å². The number of methoxy groups -OCH3 is 1. The minimum absolute atomic E-state index is 0.00484. The molecule has 1 fully saturated rings. The van der Waals surface area contributed by atoms with Crippen LogP contribution in [0.1, 0.15) is 12.0 Å². The van der Waals surface area contributed by atoms with Crippen molar-refractivity contribution in [1.29, 1.82) is 0 Å². The van der Waals surface area contributed by atoms with Crippen LogP contribution < -0.4 is 15.0 Å². The SMILES string of the molecule is COc1ccccc1CC(=O)N[C@@H]1CCN(c2cc(-c3ccc(Cl)cc3)[nH]n2)C1. The van der Waals surface area contributed by atoms with Crippen LogP contribution in [0.15, 0.2) is 54.6 Å². The first-order valence-corrected chi connectivity index (χ1v) is 9.98. The zero-order valence-corrected chi connectivity index (χ0v) is 16.9. The van der Waals surface area contributed by atoms with Gasteiger partial charge in [-0.1, -0.05) is 41.9 Å². The Labute approximate surface area is 174 Å². The summed E-state index contributed by atoms with van der Waals surface area (Å²) >= 11 is 5.96. The number of para-hydroxylation sites is 1. The lowest BCUT2D eigenvalue weighted by Crippen LogP contribution is -2.38. The van der Waals surface area contributed by atoms with Gasteiger partial charge in [0.1, 0.15) is 5.75 Å². The van der Waals surface area contributed by atoms with Crippen molar-refractivity contribution in [2.45, 2.75) is 18.9 Å². The van der Waals surface area contributed by atoms with E-state index in [9.17, 15) is 4.79 Å². The van der Waals surface area contributed by atoms with Crippen molar-refractivity contribution in [2.24, 2.45) is 0 Å². The molecule has 2 heterocycles. The number of hydrogen-bond donors (Lipinski definition) is 2. The van der Waals surface area contributed by atoms with Crippen LogP contribution in [0.4, 0.5) is 5.82 Å². The molecule has 0 saturated carbocycles. The Bertz CT molecular complexity index is 986. The monoisotopic (exact) mass is 410 g/mol. The van der Waals surface area contributed by atoms with Crippen molar-refractivity contribution in [2.75, 3.05) is 25.1 Å². The first-order valence-electron chi connectivity index (χ1n) is 9.60. The van der Waals surface area contributed by atoms with Crippen LogP contribution in [0.2, 0.25) is 5.02 Å². The molecule has 2 aromatic carbocycles. The summed E-state index contributed by atoms with van der Waals surface area (Å²) in [7, 11) is 1.62. The Balaban J connectivity index is 1.34. The van der Waals surface area contributed by atoms with Crippen LogP contribution in [0, 0.1) is 0 Å². The van der Waals surface area contributed by atoms with Crippen LogP contribution in [0.25, 0.3) is 11.3 Å². The van der Waals surface area contributed by atoms with Gasteiger partial charge in [0.25, 0.3) is 0 Å². The largest absolute Gasteiger partial charge is 0.496 e. The lowest BCUT2D eigenvalue weighted by atomic mass is 10.1. The first-order chi connectivity index (χ1) is 14.1. The zero-order chi connectivity index (χ0) is 20.2. The number of aromatic amines is 1. The molecule has 1 saturated heterocycles. The Kier molecular flexibility index (Phi) is 5.71. The summed E-state index contributed by atoms with van der Waals surface area (Å²) in [5, 5.41) is 11.4. The summed E-state index contributed by atoms with van der Waals surface area (Å²) in [6.45, 7) is 1.59. The summed E-state index contributed by atoms with van der Waals surface area (Å²) in [5.41, 5.74) is 2.87. The maximum atomic E-state index is 12.5. The standard InChI is InChI=1S/C22H23ClN4O2/c1-29-20-5-3-2-4-16(20)12-22(28)24-18-10-11-27(14-18)21-13-19(25-26-21)15-6-8-17(23)9-7-15/h2-9,13,18H,10-12,14H2,1H3,(H,24,28)(H,25,26)/t18-/m1/s1. The van der Waals surface area contributed by atoms with Gasteiger partial charge in [-0.25, -0.2) is 0 Å². The molecule has 0 aliphatic carbocycles. The van der Waals surface area contributed by atoms with Gasteiger partial charge < -0.3 is 15.0 Å². The molecule has 0 bridgehead atoms. The van der Waals surface area contributed by atoms with E-state index in [0.717, 1.165) is 47.9 Å². The molecule has 7 heteroatoms. The van der Waals surface area contributed by atoms with E-state index in [4.69, 9.17) is 16.3 Å². The molecular weight excluding hydrogens is 388 g/mol. The first kappa shape index (κ1) is 19.3. The Morgan fingerprint density at radius 2 is 2.07 bits per heavy atom. The molecule has 1 aliphatic rings. The molecule has 0 radical (unpaired) electrons. The number of nitrogens with one attached hydrogen (secondary N) is 2. The molecule has 1 amide bonds. The molecular formula is C22H23ClN4O2. The number of hydrogen-bond acceptors (Lipinski definition) is 4. The quantitative estimate of drug-likeness (QED) is 0.650. The number of ether oxygens (including phenoxy) is 1. The van der Waals surface area contributed by atoms with Crippen molar-refractivity contribution in [3.63, 3.8) is 0 Å². The molecule has 1 atom stereocenters. The Hall–Kier alpha value is -2.99. The van der Waals surface area contributed by atoms with E-state index in [1.807, 2.05) is 54.6 Å². The molecule has 29 heavy (non-hydrogen) atoms. The van der Waals surface area contributed by atoms with E-state index in [1.165, 1.54) is 0 Å². The molecule has 3 aromatic rings. The molecule has 150 valence electrons. The highest BCUT2D eigenvalue weighted by Gasteiger charge is 2.26. The highest BCUT2D eigenvalue weighted by atomic mass is 35.5. The van der Waals surface area contributed by atoms with Gasteiger partial charge in [-0.15, -0.1) is 0 Å². The highest BCUT2D eigenvalue weighted by molar-refractivity contribution is 6.30. The summed E-state index contributed by atoms with van der Waals surface area (Å²) in [6.07, 6.45) is 1.20. The number of amides is 1. The molecule has 4 rings (SSSR count). The molecule has 0 unspecified atom stereocenters. The minimum Gasteiger partial charge on any atom is -0.496 e. The molecule has 6 nitrogen and oxygen atoms in total. The van der Waals surface area contributed by atoms with E-state index < -0.39 is 0 Å². The third-order valence-corrected chi connectivity index (χ3v) is 5.39. The number of carbonyl (C=O) groups is 1. The number of aromatic nitrogens is 2. The average molecular weight is 411 g/mol. The van der Waals surface area contributed by atoms with E-state index in [0.29, 0.717) is 11.4 Å². The van der Waals surface area contributed by atoms with Crippen LogP contribution in [0.3, 0.4) is 0 Å². The zero-order valence-electron chi connectivity index (χ0n) is 16.2. The van der Waals surface area contributed by atoms with Crippen molar-refractivity contribution >= 4 is 23.3 Å². The van der Waals surface area contributed by atoms with Crippen molar-refractivity contribution < 1.29 is 9.53 Å². The Morgan fingerprint density at radius 3 is 2.86 bits per heavy atom. The highest BCUT2D eigenvalue weighted by Crippen LogP contribution is 2.25. The van der Waals surface area contributed by atoms with E-state index in [2.05, 4.69) is 20.4 Å². The summed E-state index contributed by atoms with van der Waals surface area (Å²) in [4.78, 5) is 14.7. The van der Waals surface area contributed by atoms with Gasteiger partial charge in [0.15, 0.2) is 5.82 Å². The molecule has 1 aliphatic heterocycles. The summed E-state index contributed by atoms with van der Waals surface area (Å²) < 4.78 is 5.33. The second kappa shape index (κ2) is 8.57. The minimum atomic E-state index is 0.00484. The number of rotatable bonds is 6. The predicted octanol–water partition coefficient (Wildman–Crippen LogP) is 3.68. The number of benzene rings is 2. The number of H-pyrrole nitrogens is 1. The van der Waals surface area contributed by atoms with Crippen molar-refractivity contribution in [1.82, 2.24) is 15.5 Å². The van der Waals surface area contributed by atoms with Gasteiger partial charge in [-0.05, 0) is 30.2 Å². The molecule has 2 N–H and O–H groups in total. The van der Waals surface area contributed by atoms with Crippen molar-refractivity contribution in [3.05, 3.63) is 65.2 Å². The number of nitrogens with zero attached hydrogens (tertiary/aromatic N) is 2. The van der Waals surface area contributed by atoms with Crippen molar-refractivity contribution in [3.8, 4) is 17.0 Å². The van der Waals surface area contributed by atoms with Crippen LogP contribution in [0.5, 0.6) is 5.75 Å². The predicted molar refractivity (Wildman–Crippen MR) is 114 cm³/mol. The lowest BCUT2D eigenvalue weighted by molar-refractivity contribution is -0.121. The fraction of sp³-hybridized carbons (Fsp3) is 0.273. The smallest absolute Gasteiger partial charge is 0.224 e. The molecule has 0 spiro atoms. The number of halogens is 1. The second-order valence-electron chi connectivity index (χ2n) is 7.13. The maximum absolute atomic E-state index is 12.5. The van der Waals surface area contributed by atoms with Gasteiger partial charge in [-0.3, -0.25) is 9.89 Å². The Morgan fingerprint density at radius 1 is 1.28 bits per heavy atom. The van der Waals surface area contributed by atoms with E-state index in [1.54, 1.807) is 7.11 Å². The topological polar surface area (TPSA) is 70.2 Å². The number of carbonyl (C=O) groups excluding carboxylic acids is 1. The summed E-state index contributed by atoms with van der Waals surface area (Å²) in [5.74, 6) is 1.63. The van der Waals surface area contributed by atoms with Crippen LogP contribution in [-0.4, -0.2) is 42.3 Å². The lowest BCUT2D eigenvalue weighted by Gasteiger charge is -2.16. The third kappa shape index (κ3) is 4.54. The third-order valence-electron chi connectivity index (χ3n) is 5.14. The second-order valence-corrected chi connectivity index (χ2v) is 7.57. The normalized spacial score (nSPS) is 16.1. The van der Waals surface area contributed by atoms with E-state index in [-0.39, 0.29) is 11.9 Å². The average Bonchev–Trinajstić information content (AvgIpc) is 3.38. The van der Waals surface area contributed by atoms with E-state index >= 15 is 0 Å². The summed E-state index contributed by atoms with van der Waals surface area (Å²) in [6, 6.07) is 17.4. The van der Waals surface area contributed by atoms with Crippen LogP contribution >= 0.6 is 11.6 Å². The molecule has 1 aromatic heterocycles. The van der Waals surface area contributed by atoms with Gasteiger partial charge in [0.2, 0.25) is 5.91 Å². The maximum Gasteiger partial charge on any atom is 0.224 e. The van der Waals surface area contributed by atoms with Gasteiger partial charge >= 0.3 is 0 Å². The van der Waals surface area contributed by atoms with Crippen LogP contribution in [-0.2, 0) is 11.2 Å². The number of anilines is 1.